The highest BCUT2D eigenvalue weighted by Crippen LogP contribution is 2.14. The topological polar surface area (TPSA) is 32.3 Å². The van der Waals surface area contributed by atoms with Crippen LogP contribution in [0.5, 0.6) is 0 Å². The molecule has 0 aliphatic carbocycles. The van der Waals surface area contributed by atoms with E-state index in [9.17, 15) is 9.18 Å². The van der Waals surface area contributed by atoms with Gasteiger partial charge in [-0.25, -0.2) is 4.39 Å². The zero-order valence-electron chi connectivity index (χ0n) is 9.95. The average molecular weight is 236 g/mol. The van der Waals surface area contributed by atoms with Gasteiger partial charge in [-0.1, -0.05) is 0 Å². The second-order valence-electron chi connectivity index (χ2n) is 4.42. The van der Waals surface area contributed by atoms with E-state index in [-0.39, 0.29) is 17.8 Å². The molecule has 1 amide bonds. The summed E-state index contributed by atoms with van der Waals surface area (Å²) in [6.07, 6.45) is 2.32. The van der Waals surface area contributed by atoms with Gasteiger partial charge in [-0.05, 0) is 57.1 Å². The number of likely N-dealkylation sites (tertiary alicyclic amines) is 1. The van der Waals surface area contributed by atoms with Crippen LogP contribution >= 0.6 is 0 Å². The maximum absolute atomic E-state index is 12.7. The molecule has 17 heavy (non-hydrogen) atoms. The molecule has 0 saturated carbocycles. The summed E-state index contributed by atoms with van der Waals surface area (Å²) >= 11 is 0. The normalized spacial score (nSPS) is 18.0. The van der Waals surface area contributed by atoms with Crippen LogP contribution in [0, 0.1) is 5.82 Å². The molecule has 3 nitrogen and oxygen atoms in total. The number of halogens is 1. The fourth-order valence-electron chi connectivity index (χ4n) is 2.07. The Morgan fingerprint density at radius 3 is 2.47 bits per heavy atom. The van der Waals surface area contributed by atoms with Crippen LogP contribution in [0.3, 0.4) is 0 Å². The maximum Gasteiger partial charge on any atom is 0.241 e. The minimum Gasteiger partial charge on any atom is -0.325 e. The minimum absolute atomic E-state index is 0.0292. The Hall–Kier alpha value is -1.42. The Labute approximate surface area is 101 Å². The van der Waals surface area contributed by atoms with Gasteiger partial charge in [0.05, 0.1) is 6.04 Å². The number of hydrogen-bond donors (Lipinski definition) is 1. The number of carbonyl (C=O) groups is 1. The molecule has 92 valence electrons. The van der Waals surface area contributed by atoms with Crippen molar-refractivity contribution in [3.63, 3.8) is 0 Å². The number of nitrogens with zero attached hydrogens (tertiary/aromatic N) is 1. The van der Waals surface area contributed by atoms with Crippen molar-refractivity contribution in [1.29, 1.82) is 0 Å². The van der Waals surface area contributed by atoms with Crippen LogP contribution in [0.1, 0.15) is 19.8 Å². The number of carbonyl (C=O) groups excluding carboxylic acids is 1. The summed E-state index contributed by atoms with van der Waals surface area (Å²) in [4.78, 5) is 14.1. The van der Waals surface area contributed by atoms with Gasteiger partial charge in [-0.15, -0.1) is 0 Å². The number of amides is 1. The third-order valence-electron chi connectivity index (χ3n) is 3.18. The van der Waals surface area contributed by atoms with Gasteiger partial charge < -0.3 is 5.32 Å². The van der Waals surface area contributed by atoms with Gasteiger partial charge in [0.25, 0.3) is 0 Å². The lowest BCUT2D eigenvalue weighted by Gasteiger charge is -2.22. The van der Waals surface area contributed by atoms with E-state index in [2.05, 4.69) is 10.2 Å². The zero-order valence-corrected chi connectivity index (χ0v) is 9.95. The van der Waals surface area contributed by atoms with Crippen molar-refractivity contribution in [1.82, 2.24) is 4.90 Å². The van der Waals surface area contributed by atoms with Crippen LogP contribution in [0.4, 0.5) is 10.1 Å². The second kappa shape index (κ2) is 5.27. The molecule has 1 heterocycles. The number of rotatable bonds is 3. The van der Waals surface area contributed by atoms with E-state index in [1.54, 1.807) is 12.1 Å². The molecule has 2 rings (SSSR count). The van der Waals surface area contributed by atoms with E-state index in [1.165, 1.54) is 12.1 Å². The average Bonchev–Trinajstić information content (AvgIpc) is 2.84. The first-order valence-electron chi connectivity index (χ1n) is 5.97. The maximum atomic E-state index is 12.7. The quantitative estimate of drug-likeness (QED) is 0.873. The highest BCUT2D eigenvalue weighted by atomic mass is 19.1. The van der Waals surface area contributed by atoms with Crippen molar-refractivity contribution in [3.8, 4) is 0 Å². The summed E-state index contributed by atoms with van der Waals surface area (Å²) in [5, 5.41) is 2.80. The van der Waals surface area contributed by atoms with E-state index in [0.29, 0.717) is 5.69 Å². The lowest BCUT2D eigenvalue weighted by Crippen LogP contribution is -2.40. The molecule has 1 saturated heterocycles. The second-order valence-corrected chi connectivity index (χ2v) is 4.42. The van der Waals surface area contributed by atoms with Crippen molar-refractivity contribution in [3.05, 3.63) is 30.1 Å². The minimum atomic E-state index is -0.296. The third kappa shape index (κ3) is 3.03. The first kappa shape index (κ1) is 12.0. The number of hydrogen-bond acceptors (Lipinski definition) is 2. The molecule has 1 aliphatic rings. The van der Waals surface area contributed by atoms with E-state index in [0.717, 1.165) is 25.9 Å². The number of nitrogens with one attached hydrogen (secondary N) is 1. The molecule has 0 radical (unpaired) electrons. The van der Waals surface area contributed by atoms with Gasteiger partial charge in [0.2, 0.25) is 5.91 Å². The van der Waals surface area contributed by atoms with Gasteiger partial charge in [0.1, 0.15) is 5.82 Å². The summed E-state index contributed by atoms with van der Waals surface area (Å²) in [5.74, 6) is -0.325. The summed E-state index contributed by atoms with van der Waals surface area (Å²) in [5.41, 5.74) is 0.641. The molecule has 0 spiro atoms. The fraction of sp³-hybridized carbons (Fsp3) is 0.462. The molecule has 1 fully saturated rings. The van der Waals surface area contributed by atoms with Crippen LogP contribution in [0.15, 0.2) is 24.3 Å². The van der Waals surface area contributed by atoms with Gasteiger partial charge in [0.15, 0.2) is 0 Å². The Kier molecular flexibility index (Phi) is 3.74. The highest BCUT2D eigenvalue weighted by molar-refractivity contribution is 5.94. The third-order valence-corrected chi connectivity index (χ3v) is 3.18. The molecule has 0 unspecified atom stereocenters. The van der Waals surface area contributed by atoms with Crippen molar-refractivity contribution in [2.24, 2.45) is 0 Å². The van der Waals surface area contributed by atoms with E-state index in [1.807, 2.05) is 6.92 Å². The van der Waals surface area contributed by atoms with E-state index >= 15 is 0 Å². The van der Waals surface area contributed by atoms with E-state index in [4.69, 9.17) is 0 Å². The number of benzene rings is 1. The fourth-order valence-corrected chi connectivity index (χ4v) is 2.07. The van der Waals surface area contributed by atoms with Crippen LogP contribution in [0.2, 0.25) is 0 Å². The molecule has 0 aromatic heterocycles. The molecule has 1 aliphatic heterocycles. The lowest BCUT2D eigenvalue weighted by molar-refractivity contribution is -0.120. The lowest BCUT2D eigenvalue weighted by atomic mass is 10.2. The molecule has 1 aromatic rings. The summed E-state index contributed by atoms with van der Waals surface area (Å²) in [6, 6.07) is 5.71. The first-order valence-corrected chi connectivity index (χ1v) is 5.97. The van der Waals surface area contributed by atoms with Gasteiger partial charge >= 0.3 is 0 Å². The van der Waals surface area contributed by atoms with Gasteiger partial charge in [-0.2, -0.15) is 0 Å². The molecule has 1 atom stereocenters. The van der Waals surface area contributed by atoms with Crippen molar-refractivity contribution >= 4 is 11.6 Å². The predicted octanol–water partition coefficient (Wildman–Crippen LogP) is 2.25. The molecular weight excluding hydrogens is 219 g/mol. The van der Waals surface area contributed by atoms with E-state index < -0.39 is 0 Å². The van der Waals surface area contributed by atoms with Gasteiger partial charge in [0, 0.05) is 5.69 Å². The van der Waals surface area contributed by atoms with Crippen LogP contribution in [0.25, 0.3) is 0 Å². The number of anilines is 1. The Balaban J connectivity index is 1.93. The summed E-state index contributed by atoms with van der Waals surface area (Å²) in [7, 11) is 0. The predicted molar refractivity (Wildman–Crippen MR) is 65.3 cm³/mol. The monoisotopic (exact) mass is 236 g/mol. The molecule has 4 heteroatoms. The van der Waals surface area contributed by atoms with Crippen LogP contribution in [-0.4, -0.2) is 29.9 Å². The highest BCUT2D eigenvalue weighted by Gasteiger charge is 2.23. The van der Waals surface area contributed by atoms with Crippen molar-refractivity contribution < 1.29 is 9.18 Å². The smallest absolute Gasteiger partial charge is 0.241 e. The summed E-state index contributed by atoms with van der Waals surface area (Å²) in [6.45, 7) is 3.88. The van der Waals surface area contributed by atoms with Crippen molar-refractivity contribution in [2.75, 3.05) is 18.4 Å². The molecular formula is C13H17FN2O. The standard InChI is InChI=1S/C13H17FN2O/c1-10(16-8-2-3-9-16)13(17)15-12-6-4-11(14)5-7-12/h4-7,10H,2-3,8-9H2,1H3,(H,15,17)/t10-/m1/s1. The molecule has 1 N–H and O–H groups in total. The van der Waals surface area contributed by atoms with Gasteiger partial charge in [-0.3, -0.25) is 9.69 Å². The largest absolute Gasteiger partial charge is 0.325 e. The zero-order chi connectivity index (χ0) is 12.3. The molecule has 0 bridgehead atoms. The Bertz CT molecular complexity index is 385. The SMILES string of the molecule is C[C@H](C(=O)Nc1ccc(F)cc1)N1CCCC1. The summed E-state index contributed by atoms with van der Waals surface area (Å²) < 4.78 is 12.7. The van der Waals surface area contributed by atoms with Crippen LogP contribution < -0.4 is 5.32 Å². The van der Waals surface area contributed by atoms with Crippen molar-refractivity contribution in [2.45, 2.75) is 25.8 Å². The van der Waals surface area contributed by atoms with Crippen LogP contribution in [-0.2, 0) is 4.79 Å². The Morgan fingerprint density at radius 2 is 1.88 bits per heavy atom. The first-order chi connectivity index (χ1) is 8.16. The Morgan fingerprint density at radius 1 is 1.29 bits per heavy atom. The molecule has 1 aromatic carbocycles.